The molecule has 0 aliphatic carbocycles. The van der Waals surface area contributed by atoms with Crippen LogP contribution in [0.4, 0.5) is 18.9 Å². The lowest BCUT2D eigenvalue weighted by atomic mass is 9.95. The van der Waals surface area contributed by atoms with Crippen molar-refractivity contribution in [2.75, 3.05) is 4.90 Å². The van der Waals surface area contributed by atoms with Crippen molar-refractivity contribution in [3.8, 4) is 11.1 Å². The summed E-state index contributed by atoms with van der Waals surface area (Å²) in [5.74, 6) is -1.66. The summed E-state index contributed by atoms with van der Waals surface area (Å²) in [5.41, 5.74) is 4.37. The minimum Gasteiger partial charge on any atom is -0.478 e. The zero-order valence-corrected chi connectivity index (χ0v) is 20.2. The topological polar surface area (TPSA) is 58.4 Å². The summed E-state index contributed by atoms with van der Waals surface area (Å²) >= 11 is 0. The van der Waals surface area contributed by atoms with Crippen LogP contribution in [-0.4, -0.2) is 26.9 Å². The van der Waals surface area contributed by atoms with Gasteiger partial charge in [0.15, 0.2) is 5.69 Å². The molecule has 0 spiro atoms. The second-order valence-electron chi connectivity index (χ2n) is 9.43. The van der Waals surface area contributed by atoms with Crippen molar-refractivity contribution in [2.45, 2.75) is 45.1 Å². The number of hydrogen-bond donors (Lipinski definition) is 1. The molecule has 4 aromatic rings. The number of carboxylic acid groups (broad SMARTS) is 1. The Morgan fingerprint density at radius 2 is 1.73 bits per heavy atom. The van der Waals surface area contributed by atoms with Crippen LogP contribution in [0.2, 0.25) is 0 Å². The Balaban J connectivity index is 1.33. The van der Waals surface area contributed by atoms with Gasteiger partial charge in [0, 0.05) is 24.5 Å². The Hall–Kier alpha value is -4.07. The highest BCUT2D eigenvalue weighted by atomic mass is 19.4. The Kier molecular flexibility index (Phi) is 6.50. The van der Waals surface area contributed by atoms with Gasteiger partial charge in [-0.3, -0.25) is 4.68 Å². The Labute approximate surface area is 212 Å². The molecule has 0 saturated carbocycles. The minimum absolute atomic E-state index is 0.0307. The fourth-order valence-electron chi connectivity index (χ4n) is 4.90. The first-order chi connectivity index (χ1) is 17.7. The maximum atomic E-state index is 13.1. The van der Waals surface area contributed by atoms with Gasteiger partial charge < -0.3 is 10.0 Å². The lowest BCUT2D eigenvalue weighted by Gasteiger charge is -2.37. The van der Waals surface area contributed by atoms with E-state index in [-0.39, 0.29) is 6.54 Å². The van der Waals surface area contributed by atoms with Crippen LogP contribution in [-0.2, 0) is 25.7 Å². The largest absolute Gasteiger partial charge is 0.478 e. The van der Waals surface area contributed by atoms with Crippen molar-refractivity contribution < 1.29 is 23.1 Å². The summed E-state index contributed by atoms with van der Waals surface area (Å²) in [7, 11) is 0. The average molecular weight is 506 g/mol. The van der Waals surface area contributed by atoms with E-state index in [9.17, 15) is 18.0 Å². The average Bonchev–Trinajstić information content (AvgIpc) is 3.31. The van der Waals surface area contributed by atoms with Gasteiger partial charge in [0.05, 0.1) is 6.54 Å². The normalized spacial score (nSPS) is 15.5. The zero-order chi connectivity index (χ0) is 26.2. The third-order valence-electron chi connectivity index (χ3n) is 6.84. The van der Waals surface area contributed by atoms with Gasteiger partial charge in [-0.25, -0.2) is 4.79 Å². The highest BCUT2D eigenvalue weighted by Gasteiger charge is 2.39. The summed E-state index contributed by atoms with van der Waals surface area (Å²) in [6.45, 7) is 3.09. The molecular weight excluding hydrogens is 479 g/mol. The molecule has 3 aromatic carbocycles. The van der Waals surface area contributed by atoms with Crippen LogP contribution < -0.4 is 4.90 Å². The molecule has 0 amide bonds. The SMILES string of the molecule is CC1CCc2ccccc2N1Cc1cccc(-c2ccc(Cn3cc(C(=O)O)c(C(F)(F)F)n3)cc2)c1. The van der Waals surface area contributed by atoms with Crippen LogP contribution in [0, 0.1) is 0 Å². The molecular formula is C29H26F3N3O2. The van der Waals surface area contributed by atoms with E-state index in [4.69, 9.17) is 5.11 Å². The molecule has 5 nitrogen and oxygen atoms in total. The molecule has 2 heterocycles. The van der Waals surface area contributed by atoms with E-state index < -0.39 is 23.4 Å². The van der Waals surface area contributed by atoms with E-state index in [1.807, 2.05) is 36.4 Å². The number of hydrogen-bond acceptors (Lipinski definition) is 3. The second-order valence-corrected chi connectivity index (χ2v) is 9.43. The Morgan fingerprint density at radius 3 is 2.43 bits per heavy atom. The summed E-state index contributed by atoms with van der Waals surface area (Å²) in [4.78, 5) is 13.7. The lowest BCUT2D eigenvalue weighted by Crippen LogP contribution is -2.36. The predicted molar refractivity (Wildman–Crippen MR) is 136 cm³/mol. The lowest BCUT2D eigenvalue weighted by molar-refractivity contribution is -0.142. The maximum absolute atomic E-state index is 13.1. The summed E-state index contributed by atoms with van der Waals surface area (Å²) < 4.78 is 40.4. The minimum atomic E-state index is -4.83. The van der Waals surface area contributed by atoms with Gasteiger partial charge in [-0.15, -0.1) is 0 Å². The van der Waals surface area contributed by atoms with Crippen molar-refractivity contribution in [1.29, 1.82) is 0 Å². The van der Waals surface area contributed by atoms with E-state index in [0.717, 1.165) is 41.4 Å². The third kappa shape index (κ3) is 5.23. The number of halogens is 3. The number of fused-ring (bicyclic) bond motifs is 1. The number of aromatic nitrogens is 2. The van der Waals surface area contributed by atoms with Gasteiger partial charge >= 0.3 is 12.1 Å². The molecule has 0 radical (unpaired) electrons. The quantitative estimate of drug-likeness (QED) is 0.319. The molecule has 1 N–H and O–H groups in total. The number of aryl methyl sites for hydroxylation is 1. The molecule has 1 atom stereocenters. The van der Waals surface area contributed by atoms with E-state index >= 15 is 0 Å². The van der Waals surface area contributed by atoms with Gasteiger partial charge in [0.2, 0.25) is 0 Å². The third-order valence-corrected chi connectivity index (χ3v) is 6.84. The molecule has 190 valence electrons. The molecule has 0 fully saturated rings. The van der Waals surface area contributed by atoms with Gasteiger partial charge in [0.25, 0.3) is 0 Å². The molecule has 1 aliphatic heterocycles. The van der Waals surface area contributed by atoms with Crippen molar-refractivity contribution in [2.24, 2.45) is 0 Å². The number of carboxylic acids is 1. The Morgan fingerprint density at radius 1 is 0.973 bits per heavy atom. The van der Waals surface area contributed by atoms with Crippen molar-refractivity contribution >= 4 is 11.7 Å². The number of rotatable bonds is 6. The molecule has 1 aromatic heterocycles. The second kappa shape index (κ2) is 9.76. The van der Waals surface area contributed by atoms with Crippen LogP contribution in [0.5, 0.6) is 0 Å². The zero-order valence-electron chi connectivity index (χ0n) is 20.2. The number of anilines is 1. The summed E-state index contributed by atoms with van der Waals surface area (Å²) in [6, 6.07) is 24.8. The van der Waals surface area contributed by atoms with Gasteiger partial charge in [0.1, 0.15) is 5.56 Å². The number of nitrogens with zero attached hydrogens (tertiary/aromatic N) is 3. The van der Waals surface area contributed by atoms with E-state index in [0.29, 0.717) is 11.6 Å². The number of carbonyl (C=O) groups is 1. The van der Waals surface area contributed by atoms with Crippen LogP contribution in [0.3, 0.4) is 0 Å². The number of benzene rings is 3. The first-order valence-electron chi connectivity index (χ1n) is 12.1. The van der Waals surface area contributed by atoms with Gasteiger partial charge in [-0.2, -0.15) is 18.3 Å². The first kappa shape index (κ1) is 24.6. The molecule has 1 unspecified atom stereocenters. The molecule has 8 heteroatoms. The molecule has 37 heavy (non-hydrogen) atoms. The number of alkyl halides is 3. The van der Waals surface area contributed by atoms with E-state index in [1.54, 1.807) is 0 Å². The van der Waals surface area contributed by atoms with Crippen molar-refractivity contribution in [3.63, 3.8) is 0 Å². The molecule has 1 aliphatic rings. The first-order valence-corrected chi connectivity index (χ1v) is 12.1. The number of aromatic carboxylic acids is 1. The Bertz CT molecular complexity index is 1430. The predicted octanol–water partition coefficient (Wildman–Crippen LogP) is 6.66. The van der Waals surface area contributed by atoms with Crippen LogP contribution >= 0.6 is 0 Å². The highest BCUT2D eigenvalue weighted by Crippen LogP contribution is 2.33. The smallest absolute Gasteiger partial charge is 0.436 e. The summed E-state index contributed by atoms with van der Waals surface area (Å²) in [5, 5.41) is 12.6. The van der Waals surface area contributed by atoms with Crippen molar-refractivity contribution in [1.82, 2.24) is 9.78 Å². The molecule has 0 saturated heterocycles. The van der Waals surface area contributed by atoms with E-state index in [2.05, 4.69) is 53.3 Å². The fraction of sp³-hybridized carbons (Fsp3) is 0.241. The fourth-order valence-corrected chi connectivity index (χ4v) is 4.90. The van der Waals surface area contributed by atoms with Crippen molar-refractivity contribution in [3.05, 3.63) is 107 Å². The molecule has 5 rings (SSSR count). The maximum Gasteiger partial charge on any atom is 0.436 e. The summed E-state index contributed by atoms with van der Waals surface area (Å²) in [6.07, 6.45) is -1.70. The van der Waals surface area contributed by atoms with E-state index in [1.165, 1.54) is 16.8 Å². The highest BCUT2D eigenvalue weighted by molar-refractivity contribution is 5.88. The van der Waals surface area contributed by atoms with Crippen LogP contribution in [0.1, 0.15) is 46.1 Å². The van der Waals surface area contributed by atoms with Gasteiger partial charge in [-0.05, 0) is 59.7 Å². The molecule has 0 bridgehead atoms. The monoisotopic (exact) mass is 505 g/mol. The van der Waals surface area contributed by atoms with Crippen LogP contribution in [0.15, 0.2) is 79.0 Å². The number of para-hydroxylation sites is 1. The van der Waals surface area contributed by atoms with Crippen LogP contribution in [0.25, 0.3) is 11.1 Å². The van der Waals surface area contributed by atoms with Gasteiger partial charge in [-0.1, -0.05) is 60.7 Å². The standard InChI is InChI=1S/C29H26F3N3O2/c1-19-9-12-23-6-2-3-8-26(23)35(19)17-21-5-4-7-24(15-21)22-13-10-20(11-14-22)16-34-18-25(28(36)37)27(33-34)29(30,31)32/h2-8,10-11,13-15,18-19H,9,12,16-17H2,1H3,(H,36,37).